The highest BCUT2D eigenvalue weighted by Crippen LogP contribution is 2.30. The van der Waals surface area contributed by atoms with E-state index < -0.39 is 5.97 Å². The fraction of sp³-hybridized carbons (Fsp3) is 0. The van der Waals surface area contributed by atoms with Gasteiger partial charge in [-0.15, -0.1) is 0 Å². The van der Waals surface area contributed by atoms with Gasteiger partial charge < -0.3 is 5.11 Å². The molecule has 0 saturated heterocycles. The van der Waals surface area contributed by atoms with Crippen LogP contribution >= 0.6 is 15.9 Å². The van der Waals surface area contributed by atoms with E-state index in [0.29, 0.717) is 4.47 Å². The Morgan fingerprint density at radius 3 is 2.31 bits per heavy atom. The van der Waals surface area contributed by atoms with E-state index >= 15 is 0 Å². The Balaban J connectivity index is 2.59. The lowest BCUT2D eigenvalue weighted by atomic mass is 10.0. The topological polar surface area (TPSA) is 37.3 Å². The Hall–Kier alpha value is -1.61. The maximum absolute atomic E-state index is 11.0. The van der Waals surface area contributed by atoms with Crippen molar-refractivity contribution in [2.75, 3.05) is 0 Å². The molecule has 0 atom stereocenters. The number of benzene rings is 2. The van der Waals surface area contributed by atoms with Gasteiger partial charge in [-0.25, -0.2) is 4.79 Å². The number of carboxylic acid groups (broad SMARTS) is 1. The lowest BCUT2D eigenvalue weighted by Crippen LogP contribution is -1.98. The van der Waals surface area contributed by atoms with Gasteiger partial charge in [-0.3, -0.25) is 0 Å². The standard InChI is InChI=1S/C13H9BrO2/c14-12-10(9-5-2-1-3-6-9)7-4-8-11(12)13(15)16/h1-8H,(H,15,16). The smallest absolute Gasteiger partial charge is 0.336 e. The van der Waals surface area contributed by atoms with Crippen molar-refractivity contribution < 1.29 is 9.90 Å². The summed E-state index contributed by atoms with van der Waals surface area (Å²) >= 11 is 3.34. The first kappa shape index (κ1) is 10.9. The third-order valence-corrected chi connectivity index (χ3v) is 3.17. The summed E-state index contributed by atoms with van der Waals surface area (Å²) in [7, 11) is 0. The van der Waals surface area contributed by atoms with Crippen LogP contribution in [0.4, 0.5) is 0 Å². The number of rotatable bonds is 2. The Bertz CT molecular complexity index is 521. The zero-order chi connectivity index (χ0) is 11.5. The van der Waals surface area contributed by atoms with Crippen molar-refractivity contribution >= 4 is 21.9 Å². The predicted molar refractivity (Wildman–Crippen MR) is 66.5 cm³/mol. The van der Waals surface area contributed by atoms with Crippen LogP contribution in [0.2, 0.25) is 0 Å². The SMILES string of the molecule is O=C(O)c1cccc(-c2ccccc2)c1Br. The molecule has 0 heterocycles. The van der Waals surface area contributed by atoms with Crippen LogP contribution in [0.3, 0.4) is 0 Å². The summed E-state index contributed by atoms with van der Waals surface area (Å²) in [6, 6.07) is 14.9. The molecule has 0 spiro atoms. The summed E-state index contributed by atoms with van der Waals surface area (Å²) in [6.07, 6.45) is 0. The average molecular weight is 277 g/mol. The van der Waals surface area contributed by atoms with Gasteiger partial charge in [0.25, 0.3) is 0 Å². The van der Waals surface area contributed by atoms with Crippen LogP contribution < -0.4 is 0 Å². The fourth-order valence-electron chi connectivity index (χ4n) is 1.54. The molecule has 0 aromatic heterocycles. The highest BCUT2D eigenvalue weighted by molar-refractivity contribution is 9.10. The molecule has 2 nitrogen and oxygen atoms in total. The number of carboxylic acids is 1. The van der Waals surface area contributed by atoms with Crippen LogP contribution in [-0.4, -0.2) is 11.1 Å². The molecule has 0 unspecified atom stereocenters. The highest BCUT2D eigenvalue weighted by atomic mass is 79.9. The predicted octanol–water partition coefficient (Wildman–Crippen LogP) is 3.81. The number of halogens is 1. The fourth-order valence-corrected chi connectivity index (χ4v) is 2.20. The zero-order valence-corrected chi connectivity index (χ0v) is 9.94. The van der Waals surface area contributed by atoms with Gasteiger partial charge in [0.05, 0.1) is 5.56 Å². The van der Waals surface area contributed by atoms with Gasteiger partial charge in [-0.05, 0) is 33.1 Å². The largest absolute Gasteiger partial charge is 0.478 e. The molecule has 2 aromatic rings. The van der Waals surface area contributed by atoms with Crippen LogP contribution in [0.25, 0.3) is 11.1 Å². The van der Waals surface area contributed by atoms with Crippen molar-refractivity contribution in [3.8, 4) is 11.1 Å². The van der Waals surface area contributed by atoms with Crippen molar-refractivity contribution in [1.29, 1.82) is 0 Å². The second-order valence-corrected chi connectivity index (χ2v) is 4.13. The summed E-state index contributed by atoms with van der Waals surface area (Å²) in [5.41, 5.74) is 2.17. The summed E-state index contributed by atoms with van der Waals surface area (Å²) in [4.78, 5) is 11.0. The van der Waals surface area contributed by atoms with Gasteiger partial charge >= 0.3 is 5.97 Å². The molecule has 0 aliphatic carbocycles. The van der Waals surface area contributed by atoms with E-state index in [4.69, 9.17) is 5.11 Å². The van der Waals surface area contributed by atoms with Crippen molar-refractivity contribution in [2.24, 2.45) is 0 Å². The maximum atomic E-state index is 11.0. The van der Waals surface area contributed by atoms with Crippen molar-refractivity contribution in [1.82, 2.24) is 0 Å². The van der Waals surface area contributed by atoms with Crippen LogP contribution in [0.1, 0.15) is 10.4 Å². The van der Waals surface area contributed by atoms with Gasteiger partial charge in [0.1, 0.15) is 0 Å². The minimum absolute atomic E-state index is 0.279. The van der Waals surface area contributed by atoms with Crippen LogP contribution in [-0.2, 0) is 0 Å². The molecule has 0 fully saturated rings. The minimum Gasteiger partial charge on any atom is -0.478 e. The molecule has 80 valence electrons. The van der Waals surface area contributed by atoms with E-state index in [2.05, 4.69) is 15.9 Å². The third kappa shape index (κ3) is 1.99. The van der Waals surface area contributed by atoms with Gasteiger partial charge in [-0.1, -0.05) is 42.5 Å². The molecule has 3 heteroatoms. The molecule has 2 rings (SSSR count). The minimum atomic E-state index is -0.926. The molecule has 0 aliphatic heterocycles. The molecule has 0 saturated carbocycles. The highest BCUT2D eigenvalue weighted by Gasteiger charge is 2.11. The first-order chi connectivity index (χ1) is 7.70. The monoisotopic (exact) mass is 276 g/mol. The summed E-state index contributed by atoms with van der Waals surface area (Å²) in [5, 5.41) is 9.01. The molecule has 0 amide bonds. The number of aromatic carboxylic acids is 1. The van der Waals surface area contributed by atoms with Crippen LogP contribution in [0.5, 0.6) is 0 Å². The lowest BCUT2D eigenvalue weighted by Gasteiger charge is -2.06. The molecular weight excluding hydrogens is 268 g/mol. The third-order valence-electron chi connectivity index (χ3n) is 2.31. The molecule has 16 heavy (non-hydrogen) atoms. The Morgan fingerprint density at radius 1 is 1.00 bits per heavy atom. The molecule has 1 N–H and O–H groups in total. The number of hydrogen-bond donors (Lipinski definition) is 1. The molecule has 0 aliphatic rings. The summed E-state index contributed by atoms with van der Waals surface area (Å²) in [6.45, 7) is 0. The quantitative estimate of drug-likeness (QED) is 0.906. The van der Waals surface area contributed by atoms with Crippen LogP contribution in [0, 0.1) is 0 Å². The van der Waals surface area contributed by atoms with E-state index in [-0.39, 0.29) is 5.56 Å². The van der Waals surface area contributed by atoms with Crippen molar-refractivity contribution in [3.63, 3.8) is 0 Å². The van der Waals surface area contributed by atoms with Crippen LogP contribution in [0.15, 0.2) is 53.0 Å². The zero-order valence-electron chi connectivity index (χ0n) is 8.35. The first-order valence-electron chi connectivity index (χ1n) is 4.77. The van der Waals surface area contributed by atoms with E-state index in [9.17, 15) is 4.79 Å². The van der Waals surface area contributed by atoms with Gasteiger partial charge in [-0.2, -0.15) is 0 Å². The normalized spacial score (nSPS) is 10.1. The van der Waals surface area contributed by atoms with Crippen molar-refractivity contribution in [3.05, 3.63) is 58.6 Å². The summed E-state index contributed by atoms with van der Waals surface area (Å²) in [5.74, 6) is -0.926. The Morgan fingerprint density at radius 2 is 1.69 bits per heavy atom. The second kappa shape index (κ2) is 4.49. The molecular formula is C13H9BrO2. The van der Waals surface area contributed by atoms with E-state index in [1.807, 2.05) is 36.4 Å². The molecule has 0 radical (unpaired) electrons. The maximum Gasteiger partial charge on any atom is 0.336 e. The number of hydrogen-bond acceptors (Lipinski definition) is 1. The average Bonchev–Trinajstić information content (AvgIpc) is 2.30. The van der Waals surface area contributed by atoms with Gasteiger partial charge in [0, 0.05) is 4.47 Å². The van der Waals surface area contributed by atoms with Gasteiger partial charge in [0.15, 0.2) is 0 Å². The molecule has 2 aromatic carbocycles. The molecule has 0 bridgehead atoms. The summed E-state index contributed by atoms with van der Waals surface area (Å²) < 4.78 is 0.619. The second-order valence-electron chi connectivity index (χ2n) is 3.34. The first-order valence-corrected chi connectivity index (χ1v) is 5.56. The lowest BCUT2D eigenvalue weighted by molar-refractivity contribution is 0.0696. The Labute approximate surface area is 102 Å². The van der Waals surface area contributed by atoms with E-state index in [1.54, 1.807) is 12.1 Å². The van der Waals surface area contributed by atoms with E-state index in [1.165, 1.54) is 0 Å². The van der Waals surface area contributed by atoms with Gasteiger partial charge in [0.2, 0.25) is 0 Å². The van der Waals surface area contributed by atoms with Crippen molar-refractivity contribution in [2.45, 2.75) is 0 Å². The Kier molecular flexibility index (Phi) is 3.06. The number of carbonyl (C=O) groups is 1. The van der Waals surface area contributed by atoms with E-state index in [0.717, 1.165) is 11.1 Å².